The SMILES string of the molecule is Cn1nc(C(=O)N2CCCC(C(=O)Nc3ccccc3)C2)c2c1CCN(C(=O)c1ccc(F)cc1)C2. The van der Waals surface area contributed by atoms with Gasteiger partial charge in [-0.3, -0.25) is 19.1 Å². The van der Waals surface area contributed by atoms with Crippen molar-refractivity contribution < 1.29 is 18.8 Å². The predicted molar refractivity (Wildman–Crippen MR) is 132 cm³/mol. The minimum absolute atomic E-state index is 0.0992. The smallest absolute Gasteiger partial charge is 0.274 e. The molecule has 8 nitrogen and oxygen atoms in total. The Hall–Kier alpha value is -4.01. The Labute approximate surface area is 208 Å². The summed E-state index contributed by atoms with van der Waals surface area (Å²) in [5.74, 6) is -1.24. The lowest BCUT2D eigenvalue weighted by atomic mass is 9.96. The Kier molecular flexibility index (Phi) is 6.54. The lowest BCUT2D eigenvalue weighted by Crippen LogP contribution is -2.44. The second-order valence-electron chi connectivity index (χ2n) is 9.33. The number of nitrogens with zero attached hydrogens (tertiary/aromatic N) is 4. The van der Waals surface area contributed by atoms with Gasteiger partial charge in [0.15, 0.2) is 5.69 Å². The van der Waals surface area contributed by atoms with E-state index in [1.54, 1.807) is 21.5 Å². The average Bonchev–Trinajstić information content (AvgIpc) is 3.24. The van der Waals surface area contributed by atoms with Gasteiger partial charge >= 0.3 is 0 Å². The molecule has 2 aliphatic heterocycles. The molecule has 1 N–H and O–H groups in total. The van der Waals surface area contributed by atoms with Crippen molar-refractivity contribution in [2.45, 2.75) is 25.8 Å². The van der Waals surface area contributed by atoms with Crippen molar-refractivity contribution in [3.8, 4) is 0 Å². The van der Waals surface area contributed by atoms with Gasteiger partial charge in [-0.25, -0.2) is 4.39 Å². The van der Waals surface area contributed by atoms with Crippen LogP contribution in [0.5, 0.6) is 0 Å². The summed E-state index contributed by atoms with van der Waals surface area (Å²) in [6.07, 6.45) is 2.01. The van der Waals surface area contributed by atoms with E-state index in [0.717, 1.165) is 23.4 Å². The van der Waals surface area contributed by atoms with E-state index >= 15 is 0 Å². The largest absolute Gasteiger partial charge is 0.336 e. The van der Waals surface area contributed by atoms with E-state index in [-0.39, 0.29) is 30.2 Å². The van der Waals surface area contributed by atoms with E-state index in [4.69, 9.17) is 0 Å². The van der Waals surface area contributed by atoms with Gasteiger partial charge < -0.3 is 15.1 Å². The van der Waals surface area contributed by atoms with E-state index in [0.29, 0.717) is 43.7 Å². The molecule has 2 aliphatic rings. The normalized spacial score (nSPS) is 17.4. The molecule has 0 radical (unpaired) electrons. The van der Waals surface area contributed by atoms with Gasteiger partial charge in [-0.15, -0.1) is 0 Å². The highest BCUT2D eigenvalue weighted by Gasteiger charge is 2.34. The summed E-state index contributed by atoms with van der Waals surface area (Å²) in [5, 5.41) is 7.46. The Morgan fingerprint density at radius 3 is 2.47 bits per heavy atom. The fraction of sp³-hybridized carbons (Fsp3) is 0.333. The predicted octanol–water partition coefficient (Wildman–Crippen LogP) is 3.25. The van der Waals surface area contributed by atoms with Gasteiger partial charge in [0.25, 0.3) is 11.8 Å². The minimum atomic E-state index is -0.398. The molecule has 0 aliphatic carbocycles. The molecule has 9 heteroatoms. The molecule has 1 fully saturated rings. The summed E-state index contributed by atoms with van der Waals surface area (Å²) < 4.78 is 15.0. The average molecular weight is 490 g/mol. The van der Waals surface area contributed by atoms with Gasteiger partial charge in [0, 0.05) is 55.6 Å². The fourth-order valence-corrected chi connectivity index (χ4v) is 5.00. The van der Waals surface area contributed by atoms with Crippen molar-refractivity contribution in [1.29, 1.82) is 0 Å². The highest BCUT2D eigenvalue weighted by Crippen LogP contribution is 2.27. The number of benzene rings is 2. The number of piperidine rings is 1. The summed E-state index contributed by atoms with van der Waals surface area (Å²) in [6.45, 7) is 1.62. The van der Waals surface area contributed by atoms with E-state index in [9.17, 15) is 18.8 Å². The van der Waals surface area contributed by atoms with Crippen molar-refractivity contribution in [1.82, 2.24) is 19.6 Å². The zero-order chi connectivity index (χ0) is 25.2. The Bertz CT molecular complexity index is 1290. The van der Waals surface area contributed by atoms with Crippen LogP contribution in [0.2, 0.25) is 0 Å². The van der Waals surface area contributed by atoms with E-state index in [1.165, 1.54) is 24.3 Å². The number of nitrogens with one attached hydrogen (secondary N) is 1. The highest BCUT2D eigenvalue weighted by atomic mass is 19.1. The van der Waals surface area contributed by atoms with Crippen molar-refractivity contribution in [2.75, 3.05) is 25.0 Å². The number of fused-ring (bicyclic) bond motifs is 1. The van der Waals surface area contributed by atoms with E-state index in [1.807, 2.05) is 30.3 Å². The topological polar surface area (TPSA) is 87.5 Å². The van der Waals surface area contributed by atoms with Gasteiger partial charge in [-0.2, -0.15) is 5.10 Å². The maximum absolute atomic E-state index is 13.6. The number of amides is 3. The van der Waals surface area contributed by atoms with Gasteiger partial charge in [-0.05, 0) is 49.2 Å². The summed E-state index contributed by atoms with van der Waals surface area (Å²) in [4.78, 5) is 42.8. The maximum Gasteiger partial charge on any atom is 0.274 e. The third-order valence-electron chi connectivity index (χ3n) is 6.94. The molecular weight excluding hydrogens is 461 g/mol. The van der Waals surface area contributed by atoms with Crippen LogP contribution in [0.3, 0.4) is 0 Å². The van der Waals surface area contributed by atoms with Crippen LogP contribution in [0.4, 0.5) is 10.1 Å². The first-order valence-electron chi connectivity index (χ1n) is 12.2. The highest BCUT2D eigenvalue weighted by molar-refractivity contribution is 5.97. The third-order valence-corrected chi connectivity index (χ3v) is 6.94. The maximum atomic E-state index is 13.6. The molecule has 1 aromatic heterocycles. The number of aryl methyl sites for hydroxylation is 1. The number of para-hydroxylation sites is 1. The number of carbonyl (C=O) groups is 3. The van der Waals surface area contributed by atoms with Gasteiger partial charge in [-0.1, -0.05) is 18.2 Å². The van der Waals surface area contributed by atoms with Crippen LogP contribution in [0, 0.1) is 11.7 Å². The standard InChI is InChI=1S/C27H28FN5O3/c1-31-23-13-15-33(26(35)18-9-11-20(28)12-10-18)17-22(23)24(30-31)27(36)32-14-5-6-19(16-32)25(34)29-21-7-3-2-4-8-21/h2-4,7-12,19H,5-6,13-17H2,1H3,(H,29,34). The first-order valence-corrected chi connectivity index (χ1v) is 12.2. The van der Waals surface area contributed by atoms with Crippen LogP contribution >= 0.6 is 0 Å². The van der Waals surface area contributed by atoms with Gasteiger partial charge in [0.2, 0.25) is 5.91 Å². The first kappa shape index (κ1) is 23.7. The molecular formula is C27H28FN5O3. The summed E-state index contributed by atoms with van der Waals surface area (Å²) in [5.41, 5.74) is 3.13. The van der Waals surface area contributed by atoms with Crippen molar-refractivity contribution in [3.63, 3.8) is 0 Å². The summed E-state index contributed by atoms with van der Waals surface area (Å²) in [6, 6.07) is 14.8. The molecule has 0 spiro atoms. The molecule has 3 aromatic rings. The third kappa shape index (κ3) is 4.73. The Balaban J connectivity index is 1.31. The number of aromatic nitrogens is 2. The molecule has 3 amide bonds. The van der Waals surface area contributed by atoms with Crippen LogP contribution in [-0.2, 0) is 24.8 Å². The lowest BCUT2D eigenvalue weighted by Gasteiger charge is -2.32. The van der Waals surface area contributed by atoms with Crippen molar-refractivity contribution in [3.05, 3.63) is 82.9 Å². The van der Waals surface area contributed by atoms with Gasteiger partial charge in [0.1, 0.15) is 5.82 Å². The van der Waals surface area contributed by atoms with Crippen LogP contribution in [0.25, 0.3) is 0 Å². The molecule has 5 rings (SSSR count). The van der Waals surface area contributed by atoms with Gasteiger partial charge in [0.05, 0.1) is 12.5 Å². The van der Waals surface area contributed by atoms with Crippen LogP contribution in [0.15, 0.2) is 54.6 Å². The molecule has 1 atom stereocenters. The first-order chi connectivity index (χ1) is 17.4. The molecule has 2 aromatic carbocycles. The Morgan fingerprint density at radius 2 is 1.72 bits per heavy atom. The number of hydrogen-bond acceptors (Lipinski definition) is 4. The minimum Gasteiger partial charge on any atom is -0.336 e. The van der Waals surface area contributed by atoms with E-state index < -0.39 is 5.82 Å². The van der Waals surface area contributed by atoms with Crippen LogP contribution in [0.1, 0.15) is 44.9 Å². The number of likely N-dealkylation sites (tertiary alicyclic amines) is 1. The Morgan fingerprint density at radius 1 is 0.972 bits per heavy atom. The van der Waals surface area contributed by atoms with Crippen LogP contribution in [-0.4, -0.2) is 56.9 Å². The monoisotopic (exact) mass is 489 g/mol. The fourth-order valence-electron chi connectivity index (χ4n) is 5.00. The quantitative estimate of drug-likeness (QED) is 0.610. The molecule has 186 valence electrons. The number of anilines is 1. The van der Waals surface area contributed by atoms with Crippen molar-refractivity contribution >= 4 is 23.4 Å². The number of rotatable bonds is 4. The summed E-state index contributed by atoms with van der Waals surface area (Å²) in [7, 11) is 1.80. The second-order valence-corrected chi connectivity index (χ2v) is 9.33. The van der Waals surface area contributed by atoms with E-state index in [2.05, 4.69) is 10.4 Å². The summed E-state index contributed by atoms with van der Waals surface area (Å²) >= 11 is 0. The molecule has 1 unspecified atom stereocenters. The number of carbonyl (C=O) groups excluding carboxylic acids is 3. The number of hydrogen-bond donors (Lipinski definition) is 1. The molecule has 3 heterocycles. The van der Waals surface area contributed by atoms with Crippen LogP contribution < -0.4 is 5.32 Å². The molecule has 36 heavy (non-hydrogen) atoms. The second kappa shape index (κ2) is 9.93. The zero-order valence-corrected chi connectivity index (χ0v) is 20.1. The zero-order valence-electron chi connectivity index (χ0n) is 20.1. The number of halogens is 1. The molecule has 0 saturated carbocycles. The molecule has 0 bridgehead atoms. The van der Waals surface area contributed by atoms with Crippen molar-refractivity contribution in [2.24, 2.45) is 13.0 Å². The molecule has 1 saturated heterocycles. The lowest BCUT2D eigenvalue weighted by molar-refractivity contribution is -0.121.